The van der Waals surface area contributed by atoms with E-state index in [1.807, 2.05) is 0 Å². The fourth-order valence-corrected chi connectivity index (χ4v) is 3.50. The summed E-state index contributed by atoms with van der Waals surface area (Å²) in [5.41, 5.74) is -0.916. The van der Waals surface area contributed by atoms with Crippen LogP contribution in [-0.2, 0) is 20.6 Å². The first kappa shape index (κ1) is 17.4. The Kier molecular flexibility index (Phi) is 4.53. The number of benzene rings is 1. The fraction of sp³-hybridized carbons (Fsp3) is 0.471. The number of rotatable bonds is 3. The number of likely N-dealkylation sites (tertiary alicyclic amines) is 1. The molecule has 1 saturated carbocycles. The van der Waals surface area contributed by atoms with Gasteiger partial charge in [0.1, 0.15) is 6.54 Å². The number of carbonyl (C=O) groups excluding carboxylic acids is 3. The second kappa shape index (κ2) is 6.50. The normalized spacial score (nSPS) is 23.6. The molecular formula is C17H17F3N2O3. The van der Waals surface area contributed by atoms with Crippen LogP contribution >= 0.6 is 0 Å². The Bertz CT molecular complexity index is 693. The maximum absolute atomic E-state index is 12.7. The molecule has 5 nitrogen and oxygen atoms in total. The molecule has 0 aromatic heterocycles. The van der Waals surface area contributed by atoms with E-state index in [2.05, 4.69) is 5.32 Å². The van der Waals surface area contributed by atoms with E-state index in [0.29, 0.717) is 12.8 Å². The fourth-order valence-electron chi connectivity index (χ4n) is 3.50. The molecule has 1 heterocycles. The molecule has 1 aromatic carbocycles. The van der Waals surface area contributed by atoms with Crippen molar-refractivity contribution in [2.75, 3.05) is 11.9 Å². The quantitative estimate of drug-likeness (QED) is 0.849. The molecule has 0 bridgehead atoms. The van der Waals surface area contributed by atoms with Gasteiger partial charge < -0.3 is 5.32 Å². The Hall–Kier alpha value is -2.38. The number of hydrogen-bond donors (Lipinski definition) is 1. The first-order chi connectivity index (χ1) is 11.8. The van der Waals surface area contributed by atoms with Crippen LogP contribution in [0.15, 0.2) is 24.3 Å². The van der Waals surface area contributed by atoms with Crippen LogP contribution in [0.3, 0.4) is 0 Å². The van der Waals surface area contributed by atoms with Gasteiger partial charge in [0.15, 0.2) is 0 Å². The summed E-state index contributed by atoms with van der Waals surface area (Å²) >= 11 is 0. The number of imide groups is 1. The SMILES string of the molecule is O=C(CN1C(=O)C2CCCCC2C1=O)Nc1cccc(C(F)(F)F)c1. The van der Waals surface area contributed by atoms with Crippen LogP contribution in [0.2, 0.25) is 0 Å². The number of alkyl halides is 3. The van der Waals surface area contributed by atoms with Gasteiger partial charge in [0.25, 0.3) is 0 Å². The molecule has 2 aliphatic rings. The zero-order valence-electron chi connectivity index (χ0n) is 13.3. The minimum Gasteiger partial charge on any atom is -0.325 e. The van der Waals surface area contributed by atoms with Crippen molar-refractivity contribution in [2.24, 2.45) is 11.8 Å². The average Bonchev–Trinajstić information content (AvgIpc) is 2.80. The smallest absolute Gasteiger partial charge is 0.325 e. The van der Waals surface area contributed by atoms with Gasteiger partial charge in [-0.3, -0.25) is 19.3 Å². The third kappa shape index (κ3) is 3.52. The highest BCUT2D eigenvalue weighted by atomic mass is 19.4. The van der Waals surface area contributed by atoms with E-state index in [-0.39, 0.29) is 29.3 Å². The number of carbonyl (C=O) groups is 3. The van der Waals surface area contributed by atoms with E-state index >= 15 is 0 Å². The lowest BCUT2D eigenvalue weighted by Crippen LogP contribution is -2.38. The Morgan fingerprint density at radius 2 is 1.72 bits per heavy atom. The molecule has 3 rings (SSSR count). The van der Waals surface area contributed by atoms with Crippen LogP contribution in [0.1, 0.15) is 31.2 Å². The van der Waals surface area contributed by atoms with Gasteiger partial charge in [0.05, 0.1) is 17.4 Å². The van der Waals surface area contributed by atoms with Gasteiger partial charge in [-0.1, -0.05) is 18.9 Å². The minimum absolute atomic E-state index is 0.0312. The van der Waals surface area contributed by atoms with Gasteiger partial charge in [-0.2, -0.15) is 13.2 Å². The second-order valence-electron chi connectivity index (χ2n) is 6.39. The van der Waals surface area contributed by atoms with Gasteiger partial charge in [-0.05, 0) is 31.0 Å². The highest BCUT2D eigenvalue weighted by molar-refractivity contribution is 6.08. The number of anilines is 1. The van der Waals surface area contributed by atoms with Crippen molar-refractivity contribution >= 4 is 23.4 Å². The second-order valence-corrected chi connectivity index (χ2v) is 6.39. The van der Waals surface area contributed by atoms with E-state index in [9.17, 15) is 27.6 Å². The summed E-state index contributed by atoms with van der Waals surface area (Å²) < 4.78 is 38.1. The number of fused-ring (bicyclic) bond motifs is 1. The Labute approximate surface area is 142 Å². The van der Waals surface area contributed by atoms with Crippen LogP contribution in [0, 0.1) is 11.8 Å². The Balaban J connectivity index is 1.67. The predicted octanol–water partition coefficient (Wildman–Crippen LogP) is 2.82. The summed E-state index contributed by atoms with van der Waals surface area (Å²) in [7, 11) is 0. The van der Waals surface area contributed by atoms with Crippen molar-refractivity contribution in [1.82, 2.24) is 4.90 Å². The molecule has 8 heteroatoms. The maximum Gasteiger partial charge on any atom is 0.416 e. The van der Waals surface area contributed by atoms with Crippen molar-refractivity contribution in [3.63, 3.8) is 0 Å². The Morgan fingerprint density at radius 3 is 2.28 bits per heavy atom. The highest BCUT2D eigenvalue weighted by Gasteiger charge is 2.48. The molecule has 0 spiro atoms. The van der Waals surface area contributed by atoms with Gasteiger partial charge in [-0.15, -0.1) is 0 Å². The summed E-state index contributed by atoms with van der Waals surface area (Å²) in [5, 5.41) is 2.32. The number of amides is 3. The van der Waals surface area contributed by atoms with Crippen molar-refractivity contribution in [3.8, 4) is 0 Å². The van der Waals surface area contributed by atoms with Crippen molar-refractivity contribution < 1.29 is 27.6 Å². The highest BCUT2D eigenvalue weighted by Crippen LogP contribution is 2.38. The van der Waals surface area contributed by atoms with Gasteiger partial charge in [0.2, 0.25) is 17.7 Å². The van der Waals surface area contributed by atoms with Gasteiger partial charge >= 0.3 is 6.18 Å². The topological polar surface area (TPSA) is 66.5 Å². The van der Waals surface area contributed by atoms with Crippen LogP contribution < -0.4 is 5.32 Å². The third-order valence-electron chi connectivity index (χ3n) is 4.71. The van der Waals surface area contributed by atoms with Crippen molar-refractivity contribution in [3.05, 3.63) is 29.8 Å². The molecule has 2 fully saturated rings. The molecule has 1 aromatic rings. The first-order valence-corrected chi connectivity index (χ1v) is 8.09. The summed E-state index contributed by atoms with van der Waals surface area (Å²) in [5.74, 6) is -2.12. The van der Waals surface area contributed by atoms with E-state index in [0.717, 1.165) is 29.9 Å². The van der Waals surface area contributed by atoms with Crippen molar-refractivity contribution in [1.29, 1.82) is 0 Å². The predicted molar refractivity (Wildman–Crippen MR) is 82.2 cm³/mol. The molecular weight excluding hydrogens is 337 g/mol. The van der Waals surface area contributed by atoms with Crippen molar-refractivity contribution in [2.45, 2.75) is 31.9 Å². The number of halogens is 3. The molecule has 134 valence electrons. The van der Waals surface area contributed by atoms with Gasteiger partial charge in [0, 0.05) is 5.69 Å². The number of hydrogen-bond acceptors (Lipinski definition) is 3. The first-order valence-electron chi connectivity index (χ1n) is 8.09. The van der Waals surface area contributed by atoms with E-state index in [4.69, 9.17) is 0 Å². The average molecular weight is 354 g/mol. The van der Waals surface area contributed by atoms with E-state index in [1.165, 1.54) is 12.1 Å². The van der Waals surface area contributed by atoms with Crippen LogP contribution in [-0.4, -0.2) is 29.2 Å². The lowest BCUT2D eigenvalue weighted by Gasteiger charge is -2.19. The molecule has 1 saturated heterocycles. The van der Waals surface area contributed by atoms with E-state index in [1.54, 1.807) is 0 Å². The van der Waals surface area contributed by atoms with Crippen LogP contribution in [0.5, 0.6) is 0 Å². The van der Waals surface area contributed by atoms with Crippen LogP contribution in [0.25, 0.3) is 0 Å². The molecule has 0 radical (unpaired) electrons. The summed E-state index contributed by atoms with van der Waals surface area (Å²) in [4.78, 5) is 37.6. The number of nitrogens with zero attached hydrogens (tertiary/aromatic N) is 1. The minimum atomic E-state index is -4.52. The summed E-state index contributed by atoms with van der Waals surface area (Å²) in [6.45, 7) is -0.471. The molecule has 1 aliphatic heterocycles. The summed E-state index contributed by atoms with van der Waals surface area (Å²) in [6, 6.07) is 4.21. The lowest BCUT2D eigenvalue weighted by molar-refractivity contribution is -0.142. The zero-order chi connectivity index (χ0) is 18.2. The molecule has 25 heavy (non-hydrogen) atoms. The monoisotopic (exact) mass is 354 g/mol. The maximum atomic E-state index is 12.7. The molecule has 2 unspecified atom stereocenters. The lowest BCUT2D eigenvalue weighted by atomic mass is 9.81. The largest absolute Gasteiger partial charge is 0.416 e. The zero-order valence-corrected chi connectivity index (χ0v) is 13.3. The Morgan fingerprint density at radius 1 is 1.12 bits per heavy atom. The number of nitrogens with one attached hydrogen (secondary N) is 1. The van der Waals surface area contributed by atoms with Gasteiger partial charge in [-0.25, -0.2) is 0 Å². The molecule has 2 atom stereocenters. The third-order valence-corrected chi connectivity index (χ3v) is 4.71. The summed E-state index contributed by atoms with van der Waals surface area (Å²) in [6.07, 6.45) is -1.48. The standard InChI is InChI=1S/C17H17F3N2O3/c18-17(19,20)10-4-3-5-11(8-10)21-14(23)9-22-15(24)12-6-1-2-7-13(12)16(22)25/h3-5,8,12-13H,1-2,6-7,9H2,(H,21,23). The molecule has 1 aliphatic carbocycles. The van der Waals surface area contributed by atoms with E-state index < -0.39 is 24.2 Å². The van der Waals surface area contributed by atoms with Crippen LogP contribution in [0.4, 0.5) is 18.9 Å². The molecule has 3 amide bonds. The molecule has 1 N–H and O–H groups in total.